The maximum absolute atomic E-state index is 4.69. The van der Waals surface area contributed by atoms with Gasteiger partial charge in [-0.15, -0.1) is 23.1 Å². The minimum atomic E-state index is 0.790. The number of benzene rings is 1. The molecule has 3 heterocycles. The van der Waals surface area contributed by atoms with E-state index >= 15 is 0 Å². The van der Waals surface area contributed by atoms with Crippen molar-refractivity contribution in [2.45, 2.75) is 17.7 Å². The maximum atomic E-state index is 4.69. The van der Waals surface area contributed by atoms with Gasteiger partial charge in [-0.05, 0) is 43.2 Å². The first-order valence-corrected chi connectivity index (χ1v) is 10.5. The van der Waals surface area contributed by atoms with Crippen molar-refractivity contribution in [1.82, 2.24) is 4.90 Å². The fourth-order valence-electron chi connectivity index (χ4n) is 3.21. The first-order chi connectivity index (χ1) is 10.8. The summed E-state index contributed by atoms with van der Waals surface area (Å²) < 4.78 is 1.40. The van der Waals surface area contributed by atoms with Crippen molar-refractivity contribution in [3.63, 3.8) is 0 Å². The van der Waals surface area contributed by atoms with E-state index in [2.05, 4.69) is 40.4 Å². The highest BCUT2D eigenvalue weighted by atomic mass is 32.2. The van der Waals surface area contributed by atoms with Gasteiger partial charge in [0.15, 0.2) is 5.17 Å². The van der Waals surface area contributed by atoms with Crippen molar-refractivity contribution in [2.24, 2.45) is 10.9 Å². The van der Waals surface area contributed by atoms with E-state index in [0.29, 0.717) is 0 Å². The minimum absolute atomic E-state index is 0.790. The normalized spacial score (nSPS) is 21.0. The monoisotopic (exact) mass is 344 g/mol. The van der Waals surface area contributed by atoms with Crippen LogP contribution in [-0.4, -0.2) is 29.4 Å². The van der Waals surface area contributed by atoms with Gasteiger partial charge in [0.25, 0.3) is 0 Å². The molecule has 0 bridgehead atoms. The number of rotatable bonds is 3. The van der Waals surface area contributed by atoms with E-state index in [1.54, 1.807) is 4.91 Å². The molecule has 0 saturated heterocycles. The van der Waals surface area contributed by atoms with E-state index in [-0.39, 0.29) is 0 Å². The molecule has 0 radical (unpaired) electrons. The van der Waals surface area contributed by atoms with Crippen LogP contribution in [0.3, 0.4) is 0 Å². The summed E-state index contributed by atoms with van der Waals surface area (Å²) >= 11 is 5.71. The zero-order valence-corrected chi connectivity index (χ0v) is 14.8. The SMILES string of the molecule is CSc1cccc2sc(C3=C(C4CC4)SC4=NCCN43)cc12. The lowest BCUT2D eigenvalue weighted by atomic mass is 10.2. The van der Waals surface area contributed by atoms with Crippen LogP contribution in [0.5, 0.6) is 0 Å². The van der Waals surface area contributed by atoms with Crippen molar-refractivity contribution in [2.75, 3.05) is 19.3 Å². The van der Waals surface area contributed by atoms with Crippen LogP contribution in [0.4, 0.5) is 0 Å². The average Bonchev–Trinajstić information content (AvgIpc) is 2.96. The second-order valence-electron chi connectivity index (χ2n) is 5.89. The Labute approximate surface area is 142 Å². The number of thiophene rings is 1. The van der Waals surface area contributed by atoms with Crippen LogP contribution in [-0.2, 0) is 0 Å². The maximum Gasteiger partial charge on any atom is 0.168 e. The molecular formula is C17H16N2S3. The van der Waals surface area contributed by atoms with Gasteiger partial charge in [-0.25, -0.2) is 0 Å². The third-order valence-electron chi connectivity index (χ3n) is 4.43. The molecule has 112 valence electrons. The lowest BCUT2D eigenvalue weighted by molar-refractivity contribution is 0.647. The van der Waals surface area contributed by atoms with E-state index in [0.717, 1.165) is 19.0 Å². The summed E-state index contributed by atoms with van der Waals surface area (Å²) in [5.41, 5.74) is 1.47. The summed E-state index contributed by atoms with van der Waals surface area (Å²) in [5.74, 6) is 0.790. The fourth-order valence-corrected chi connectivity index (χ4v) is 6.46. The number of fused-ring (bicyclic) bond motifs is 2. The Kier molecular flexibility index (Phi) is 3.10. The quantitative estimate of drug-likeness (QED) is 0.719. The molecule has 1 aromatic heterocycles. The van der Waals surface area contributed by atoms with Crippen molar-refractivity contribution < 1.29 is 0 Å². The molecule has 0 spiro atoms. The summed E-state index contributed by atoms with van der Waals surface area (Å²) in [7, 11) is 0. The molecule has 1 fully saturated rings. The first-order valence-electron chi connectivity index (χ1n) is 7.66. The van der Waals surface area contributed by atoms with E-state index in [4.69, 9.17) is 0 Å². The van der Waals surface area contributed by atoms with Gasteiger partial charge in [0.2, 0.25) is 0 Å². The third kappa shape index (κ3) is 1.99. The van der Waals surface area contributed by atoms with Crippen LogP contribution in [0, 0.1) is 5.92 Å². The zero-order valence-electron chi connectivity index (χ0n) is 12.3. The predicted molar refractivity (Wildman–Crippen MR) is 99.8 cm³/mol. The molecular weight excluding hydrogens is 328 g/mol. The van der Waals surface area contributed by atoms with Crippen LogP contribution >= 0.6 is 34.9 Å². The molecule has 2 aliphatic heterocycles. The highest BCUT2D eigenvalue weighted by Gasteiger charge is 2.40. The molecule has 2 aromatic rings. The Balaban J connectivity index is 1.69. The van der Waals surface area contributed by atoms with Gasteiger partial charge in [-0.3, -0.25) is 4.99 Å². The largest absolute Gasteiger partial charge is 0.317 e. The molecule has 1 aliphatic carbocycles. The average molecular weight is 345 g/mol. The summed E-state index contributed by atoms with van der Waals surface area (Å²) in [5, 5.41) is 2.65. The van der Waals surface area contributed by atoms with Crippen molar-refractivity contribution in [3.05, 3.63) is 34.0 Å². The molecule has 5 heteroatoms. The van der Waals surface area contributed by atoms with Gasteiger partial charge >= 0.3 is 0 Å². The molecule has 22 heavy (non-hydrogen) atoms. The highest BCUT2D eigenvalue weighted by molar-refractivity contribution is 8.17. The Morgan fingerprint density at radius 1 is 1.32 bits per heavy atom. The number of hydrogen-bond donors (Lipinski definition) is 0. The number of aliphatic imine (C=N–C) groups is 1. The van der Waals surface area contributed by atoms with E-state index in [9.17, 15) is 0 Å². The van der Waals surface area contributed by atoms with Crippen LogP contribution in [0.25, 0.3) is 15.8 Å². The van der Waals surface area contributed by atoms with E-state index in [1.165, 1.54) is 43.6 Å². The zero-order chi connectivity index (χ0) is 14.7. The van der Waals surface area contributed by atoms with Crippen molar-refractivity contribution in [3.8, 4) is 0 Å². The number of hydrogen-bond acceptors (Lipinski definition) is 5. The van der Waals surface area contributed by atoms with Crippen LogP contribution in [0.15, 0.2) is 39.1 Å². The summed E-state index contributed by atoms with van der Waals surface area (Å²) in [6.45, 7) is 2.00. The van der Waals surface area contributed by atoms with Crippen LogP contribution in [0.2, 0.25) is 0 Å². The standard InChI is InChI=1S/C17H16N2S3/c1-20-12-3-2-4-13-11(12)9-14(21-13)15-16(10-5-6-10)22-17-18-7-8-19(15)17/h2-4,9-10H,5-8H2,1H3. The smallest absolute Gasteiger partial charge is 0.168 e. The molecule has 0 N–H and O–H groups in total. The lowest BCUT2D eigenvalue weighted by Crippen LogP contribution is -2.19. The second kappa shape index (κ2) is 5.05. The minimum Gasteiger partial charge on any atom is -0.317 e. The third-order valence-corrected chi connectivity index (χ3v) is 7.61. The van der Waals surface area contributed by atoms with E-state index in [1.807, 2.05) is 34.9 Å². The molecule has 1 saturated carbocycles. The number of thioether (sulfide) groups is 2. The highest BCUT2D eigenvalue weighted by Crippen LogP contribution is 2.53. The Hall–Kier alpha value is -0.910. The Morgan fingerprint density at radius 3 is 3.05 bits per heavy atom. The van der Waals surface area contributed by atoms with Crippen molar-refractivity contribution >= 4 is 55.8 Å². The molecule has 0 atom stereocenters. The summed E-state index contributed by atoms with van der Waals surface area (Å²) in [4.78, 5) is 11.5. The molecule has 0 amide bonds. The molecule has 3 aliphatic rings. The first kappa shape index (κ1) is 13.5. The predicted octanol–water partition coefficient (Wildman–Crippen LogP) is 5.12. The Morgan fingerprint density at radius 2 is 2.23 bits per heavy atom. The number of allylic oxidation sites excluding steroid dienone is 1. The van der Waals surface area contributed by atoms with Gasteiger partial charge < -0.3 is 4.90 Å². The van der Waals surface area contributed by atoms with Crippen LogP contribution in [0.1, 0.15) is 17.7 Å². The summed E-state index contributed by atoms with van der Waals surface area (Å²) in [6.07, 6.45) is 4.87. The topological polar surface area (TPSA) is 15.6 Å². The number of nitrogens with zero attached hydrogens (tertiary/aromatic N) is 2. The molecule has 2 nitrogen and oxygen atoms in total. The van der Waals surface area contributed by atoms with Gasteiger partial charge in [-0.2, -0.15) is 0 Å². The second-order valence-corrected chi connectivity index (χ2v) is 8.83. The van der Waals surface area contributed by atoms with Gasteiger partial charge in [0.1, 0.15) is 0 Å². The lowest BCUT2D eigenvalue weighted by Gasteiger charge is -2.15. The van der Waals surface area contributed by atoms with Gasteiger partial charge in [0, 0.05) is 26.4 Å². The summed E-state index contributed by atoms with van der Waals surface area (Å²) in [6, 6.07) is 9.07. The molecule has 0 unspecified atom stereocenters. The fraction of sp³-hybridized carbons (Fsp3) is 0.353. The Bertz CT molecular complexity index is 830. The molecule has 1 aromatic carbocycles. The van der Waals surface area contributed by atoms with Gasteiger partial charge in [0.05, 0.1) is 17.1 Å². The number of amidine groups is 1. The van der Waals surface area contributed by atoms with E-state index < -0.39 is 0 Å². The molecule has 5 rings (SSSR count). The van der Waals surface area contributed by atoms with Gasteiger partial charge in [-0.1, -0.05) is 17.8 Å². The van der Waals surface area contributed by atoms with Crippen LogP contribution < -0.4 is 0 Å². The van der Waals surface area contributed by atoms with Crippen molar-refractivity contribution in [1.29, 1.82) is 0 Å².